The SMILES string of the molecule is CC1C[C@@H]2CC(N3[C@@H]4CCC[C@H]3CC(n3c(=O)[nH]c5ccccc53)C4)C[C@H](C1)C2. The molecule has 2 aromatic rings. The number of rotatable bonds is 2. The monoisotopic (exact) mass is 393 g/mol. The number of hydrogen-bond acceptors (Lipinski definition) is 2. The molecule has 0 amide bonds. The minimum atomic E-state index is 0.0870. The van der Waals surface area contributed by atoms with Gasteiger partial charge in [-0.15, -0.1) is 0 Å². The lowest BCUT2D eigenvalue weighted by Crippen LogP contribution is -2.58. The Labute approximate surface area is 173 Å². The largest absolute Gasteiger partial charge is 0.326 e. The van der Waals surface area contributed by atoms with Crippen LogP contribution in [0.3, 0.4) is 0 Å². The lowest BCUT2D eigenvalue weighted by atomic mass is 9.65. The Morgan fingerprint density at radius 2 is 1.52 bits per heavy atom. The van der Waals surface area contributed by atoms with Crippen molar-refractivity contribution in [2.24, 2.45) is 17.8 Å². The van der Waals surface area contributed by atoms with Gasteiger partial charge in [-0.3, -0.25) is 9.47 Å². The summed E-state index contributed by atoms with van der Waals surface area (Å²) in [4.78, 5) is 18.9. The van der Waals surface area contributed by atoms with E-state index in [9.17, 15) is 4.79 Å². The molecule has 3 heterocycles. The van der Waals surface area contributed by atoms with Gasteiger partial charge in [-0.1, -0.05) is 25.5 Å². The lowest BCUT2D eigenvalue weighted by molar-refractivity contribution is -0.0524. The third-order valence-corrected chi connectivity index (χ3v) is 8.77. The van der Waals surface area contributed by atoms with Crippen LogP contribution < -0.4 is 5.69 Å². The van der Waals surface area contributed by atoms with Crippen molar-refractivity contribution in [1.29, 1.82) is 0 Å². The summed E-state index contributed by atoms with van der Waals surface area (Å²) in [5.41, 5.74) is 2.17. The Hall–Kier alpha value is -1.55. The highest BCUT2D eigenvalue weighted by Gasteiger charge is 2.46. The number of nitrogens with one attached hydrogen (secondary N) is 1. The molecule has 3 unspecified atom stereocenters. The van der Waals surface area contributed by atoms with Gasteiger partial charge in [0.1, 0.15) is 0 Å². The molecular formula is C25H35N3O. The molecule has 2 aliphatic heterocycles. The van der Waals surface area contributed by atoms with Crippen molar-refractivity contribution in [3.05, 3.63) is 34.7 Å². The molecule has 4 heteroatoms. The van der Waals surface area contributed by atoms with Crippen LogP contribution in [0.25, 0.3) is 11.0 Å². The first-order chi connectivity index (χ1) is 14.2. The van der Waals surface area contributed by atoms with Gasteiger partial charge in [-0.05, 0) is 87.7 Å². The Bertz CT molecular complexity index is 913. The van der Waals surface area contributed by atoms with E-state index in [1.54, 1.807) is 0 Å². The number of fused-ring (bicyclic) bond motifs is 5. The number of imidazole rings is 1. The summed E-state index contributed by atoms with van der Waals surface area (Å²) in [5, 5.41) is 0. The van der Waals surface area contributed by atoms with Crippen molar-refractivity contribution >= 4 is 11.0 Å². The number of H-pyrrole nitrogens is 1. The van der Waals surface area contributed by atoms with E-state index < -0.39 is 0 Å². The summed E-state index contributed by atoms with van der Waals surface area (Å²) in [6, 6.07) is 10.7. The molecule has 0 spiro atoms. The summed E-state index contributed by atoms with van der Waals surface area (Å²) < 4.78 is 2.09. The van der Waals surface area contributed by atoms with Crippen LogP contribution in [0, 0.1) is 17.8 Å². The van der Waals surface area contributed by atoms with Gasteiger partial charge in [0.2, 0.25) is 0 Å². The number of benzene rings is 1. The van der Waals surface area contributed by atoms with Gasteiger partial charge < -0.3 is 4.98 Å². The predicted octanol–water partition coefficient (Wildman–Crippen LogP) is 5.10. The summed E-state index contributed by atoms with van der Waals surface area (Å²) in [6.07, 6.45) is 13.6. The van der Waals surface area contributed by atoms with Crippen LogP contribution in [-0.4, -0.2) is 32.6 Å². The van der Waals surface area contributed by atoms with Crippen LogP contribution in [0.15, 0.2) is 29.1 Å². The van der Waals surface area contributed by atoms with E-state index in [2.05, 4.69) is 33.5 Å². The number of piperidine rings is 2. The topological polar surface area (TPSA) is 41.0 Å². The zero-order chi connectivity index (χ0) is 19.5. The van der Waals surface area contributed by atoms with Crippen LogP contribution in [0.1, 0.15) is 77.2 Å². The van der Waals surface area contributed by atoms with Crippen molar-refractivity contribution in [3.63, 3.8) is 0 Å². The molecule has 4 fully saturated rings. The summed E-state index contributed by atoms with van der Waals surface area (Å²) in [5.74, 6) is 2.88. The average molecular weight is 394 g/mol. The maximum absolute atomic E-state index is 12.8. The highest BCUT2D eigenvalue weighted by Crippen LogP contribution is 2.48. The number of hydrogen-bond donors (Lipinski definition) is 1. The summed E-state index contributed by atoms with van der Waals surface area (Å²) in [6.45, 7) is 2.47. The van der Waals surface area contributed by atoms with E-state index in [-0.39, 0.29) is 5.69 Å². The molecule has 1 aromatic heterocycles. The summed E-state index contributed by atoms with van der Waals surface area (Å²) >= 11 is 0. The normalized spacial score (nSPS) is 40.2. The molecule has 1 N–H and O–H groups in total. The Morgan fingerprint density at radius 1 is 0.828 bits per heavy atom. The zero-order valence-electron chi connectivity index (χ0n) is 17.7. The second kappa shape index (κ2) is 7.01. The highest BCUT2D eigenvalue weighted by atomic mass is 16.1. The van der Waals surface area contributed by atoms with Gasteiger partial charge in [0.15, 0.2) is 0 Å². The lowest BCUT2D eigenvalue weighted by Gasteiger charge is -2.55. The van der Waals surface area contributed by atoms with Gasteiger partial charge >= 0.3 is 5.69 Å². The van der Waals surface area contributed by atoms with Gasteiger partial charge in [-0.25, -0.2) is 4.79 Å². The quantitative estimate of drug-likeness (QED) is 0.771. The molecule has 4 aliphatic rings. The van der Waals surface area contributed by atoms with E-state index in [0.717, 1.165) is 47.7 Å². The fourth-order valence-corrected chi connectivity index (χ4v) is 8.02. The summed E-state index contributed by atoms with van der Waals surface area (Å²) in [7, 11) is 0. The third kappa shape index (κ3) is 3.10. The average Bonchev–Trinajstić information content (AvgIpc) is 3.01. The minimum absolute atomic E-state index is 0.0870. The van der Waals surface area contributed by atoms with Crippen molar-refractivity contribution in [2.45, 2.75) is 95.3 Å². The Balaban J connectivity index is 1.27. The fourth-order valence-electron chi connectivity index (χ4n) is 8.02. The molecule has 6 rings (SSSR count). The molecule has 2 aliphatic carbocycles. The zero-order valence-corrected chi connectivity index (χ0v) is 17.7. The van der Waals surface area contributed by atoms with Crippen LogP contribution in [-0.2, 0) is 0 Å². The molecule has 156 valence electrons. The van der Waals surface area contributed by atoms with Crippen molar-refractivity contribution in [1.82, 2.24) is 14.5 Å². The molecule has 2 saturated carbocycles. The van der Waals surface area contributed by atoms with Crippen LogP contribution in [0.2, 0.25) is 0 Å². The molecule has 2 saturated heterocycles. The van der Waals surface area contributed by atoms with Gasteiger partial charge in [-0.2, -0.15) is 0 Å². The molecule has 7 atom stereocenters. The predicted molar refractivity (Wildman–Crippen MR) is 117 cm³/mol. The maximum Gasteiger partial charge on any atom is 0.326 e. The van der Waals surface area contributed by atoms with Crippen molar-refractivity contribution < 1.29 is 0 Å². The highest BCUT2D eigenvalue weighted by molar-refractivity contribution is 5.75. The molecule has 0 radical (unpaired) electrons. The molecule has 1 aromatic carbocycles. The standard InChI is InChI=1S/C25H35N3O/c1-16-9-17-11-18(10-16)13-21(12-17)27-19-5-4-6-20(27)15-22(14-19)28-24-8-3-2-7-23(24)26-25(28)29/h2-3,7-8,16-22H,4-6,9-15H2,1H3,(H,26,29)/t16?,17-,18+,19-,20+,21?,22?. The molecular weight excluding hydrogens is 358 g/mol. The van der Waals surface area contributed by atoms with Gasteiger partial charge in [0.25, 0.3) is 0 Å². The third-order valence-electron chi connectivity index (χ3n) is 8.77. The first-order valence-corrected chi connectivity index (χ1v) is 12.1. The number of aromatic amines is 1. The second-order valence-corrected chi connectivity index (χ2v) is 10.8. The number of aromatic nitrogens is 2. The first-order valence-electron chi connectivity index (χ1n) is 12.1. The fraction of sp³-hybridized carbons (Fsp3) is 0.720. The second-order valence-electron chi connectivity index (χ2n) is 10.8. The number of nitrogens with zero attached hydrogens (tertiary/aromatic N) is 2. The van der Waals surface area contributed by atoms with E-state index in [4.69, 9.17) is 0 Å². The molecule has 4 bridgehead atoms. The minimum Gasteiger partial charge on any atom is -0.306 e. The smallest absolute Gasteiger partial charge is 0.306 e. The first kappa shape index (κ1) is 18.2. The Morgan fingerprint density at radius 3 is 2.24 bits per heavy atom. The van der Waals surface area contributed by atoms with Crippen LogP contribution in [0.5, 0.6) is 0 Å². The Kier molecular flexibility index (Phi) is 4.41. The van der Waals surface area contributed by atoms with E-state index >= 15 is 0 Å². The van der Waals surface area contributed by atoms with Gasteiger partial charge in [0.05, 0.1) is 11.0 Å². The van der Waals surface area contributed by atoms with E-state index in [1.807, 2.05) is 12.1 Å². The van der Waals surface area contributed by atoms with Crippen LogP contribution in [0.4, 0.5) is 0 Å². The molecule has 29 heavy (non-hydrogen) atoms. The van der Waals surface area contributed by atoms with Crippen molar-refractivity contribution in [2.75, 3.05) is 0 Å². The van der Waals surface area contributed by atoms with Crippen molar-refractivity contribution in [3.8, 4) is 0 Å². The van der Waals surface area contributed by atoms with Crippen LogP contribution >= 0.6 is 0 Å². The van der Waals surface area contributed by atoms with Gasteiger partial charge in [0, 0.05) is 24.2 Å². The van der Waals surface area contributed by atoms with E-state index in [0.29, 0.717) is 18.1 Å². The molecule has 4 nitrogen and oxygen atoms in total. The maximum atomic E-state index is 12.8. The number of para-hydroxylation sites is 2. The van der Waals surface area contributed by atoms with E-state index in [1.165, 1.54) is 51.4 Å².